The van der Waals surface area contributed by atoms with Crippen molar-refractivity contribution in [2.45, 2.75) is 83.1 Å². The Balaban J connectivity index is 5.95. The first-order valence-electron chi connectivity index (χ1n) is 7.65. The van der Waals surface area contributed by atoms with Crippen LogP contribution in [-0.2, 0) is 0 Å². The van der Waals surface area contributed by atoms with Gasteiger partial charge < -0.3 is 0 Å². The molecule has 0 saturated carbocycles. The van der Waals surface area contributed by atoms with Gasteiger partial charge in [-0.15, -0.1) is 0 Å². The van der Waals surface area contributed by atoms with E-state index in [9.17, 15) is 0 Å². The minimum atomic E-state index is 0.0304. The van der Waals surface area contributed by atoms with E-state index in [-0.39, 0.29) is 21.7 Å². The lowest BCUT2D eigenvalue weighted by Crippen LogP contribution is -2.35. The molecule has 2 nitrogen and oxygen atoms in total. The molecule has 0 rings (SSSR count). The van der Waals surface area contributed by atoms with Gasteiger partial charge in [-0.25, -0.2) is 0 Å². The molecule has 0 unspecified atom stereocenters. The van der Waals surface area contributed by atoms with Crippen molar-refractivity contribution < 1.29 is 0 Å². The highest BCUT2D eigenvalue weighted by Gasteiger charge is 2.33. The molecule has 0 heterocycles. The van der Waals surface area contributed by atoms with Gasteiger partial charge in [0.25, 0.3) is 0 Å². The standard InChI is InChI=1S/C18H36N2/c1-15(2,3)13(16(4,5)6)19-20-14(17(7,8)9)18(10,11)12/h1-12H3. The SMILES string of the molecule is CC(C)(C)C(=NN=C(C(C)(C)C)C(C)(C)C)C(C)(C)C. The fourth-order valence-electron chi connectivity index (χ4n) is 2.95. The van der Waals surface area contributed by atoms with Crippen LogP contribution in [0.5, 0.6) is 0 Å². The zero-order valence-electron chi connectivity index (χ0n) is 15.9. The largest absolute Gasteiger partial charge is 0.159 e. The van der Waals surface area contributed by atoms with Crippen LogP contribution < -0.4 is 0 Å². The molecule has 0 spiro atoms. The van der Waals surface area contributed by atoms with Gasteiger partial charge in [-0.2, -0.15) is 10.2 Å². The van der Waals surface area contributed by atoms with E-state index in [1.54, 1.807) is 0 Å². The molecule has 0 amide bonds. The van der Waals surface area contributed by atoms with Crippen molar-refractivity contribution in [3.05, 3.63) is 0 Å². The number of hydrogen-bond donors (Lipinski definition) is 0. The van der Waals surface area contributed by atoms with Crippen LogP contribution in [0.1, 0.15) is 83.1 Å². The Bertz CT molecular complexity index is 313. The number of hydrogen-bond acceptors (Lipinski definition) is 2. The van der Waals surface area contributed by atoms with E-state index in [0.717, 1.165) is 11.4 Å². The van der Waals surface area contributed by atoms with Gasteiger partial charge in [0.15, 0.2) is 0 Å². The summed E-state index contributed by atoms with van der Waals surface area (Å²) in [6, 6.07) is 0. The van der Waals surface area contributed by atoms with Crippen LogP contribution in [0.25, 0.3) is 0 Å². The number of nitrogens with zero attached hydrogens (tertiary/aromatic N) is 2. The molecule has 0 aromatic carbocycles. The molecular formula is C18H36N2. The van der Waals surface area contributed by atoms with Crippen molar-refractivity contribution in [3.8, 4) is 0 Å². The Labute approximate surface area is 127 Å². The molecule has 0 radical (unpaired) electrons. The Hall–Kier alpha value is -0.660. The molecule has 0 aliphatic heterocycles. The molecule has 0 aromatic rings. The van der Waals surface area contributed by atoms with Crippen molar-refractivity contribution in [1.29, 1.82) is 0 Å². The average molecular weight is 280 g/mol. The van der Waals surface area contributed by atoms with Gasteiger partial charge in [0.05, 0.1) is 11.4 Å². The quantitative estimate of drug-likeness (QED) is 0.418. The summed E-state index contributed by atoms with van der Waals surface area (Å²) in [5, 5.41) is 9.41. The number of rotatable bonds is 1. The summed E-state index contributed by atoms with van der Waals surface area (Å²) in [6.45, 7) is 26.5. The Morgan fingerprint density at radius 1 is 0.400 bits per heavy atom. The molecule has 0 aliphatic carbocycles. The molecule has 0 aromatic heterocycles. The first kappa shape index (κ1) is 19.3. The van der Waals surface area contributed by atoms with Gasteiger partial charge in [-0.3, -0.25) is 0 Å². The van der Waals surface area contributed by atoms with Crippen LogP contribution in [0.4, 0.5) is 0 Å². The van der Waals surface area contributed by atoms with Crippen LogP contribution >= 0.6 is 0 Å². The third kappa shape index (κ3) is 5.76. The van der Waals surface area contributed by atoms with Gasteiger partial charge in [0.2, 0.25) is 0 Å². The summed E-state index contributed by atoms with van der Waals surface area (Å²) >= 11 is 0. The highest BCUT2D eigenvalue weighted by atomic mass is 15.2. The van der Waals surface area contributed by atoms with Crippen LogP contribution in [-0.4, -0.2) is 11.4 Å². The lowest BCUT2D eigenvalue weighted by molar-refractivity contribution is 0.466. The van der Waals surface area contributed by atoms with Crippen LogP contribution in [0.3, 0.4) is 0 Å². The van der Waals surface area contributed by atoms with E-state index >= 15 is 0 Å². The summed E-state index contributed by atoms with van der Waals surface area (Å²) in [7, 11) is 0. The van der Waals surface area contributed by atoms with Crippen molar-refractivity contribution >= 4 is 11.4 Å². The Morgan fingerprint density at radius 3 is 0.650 bits per heavy atom. The van der Waals surface area contributed by atoms with E-state index in [0.29, 0.717) is 0 Å². The summed E-state index contributed by atoms with van der Waals surface area (Å²) in [4.78, 5) is 0. The van der Waals surface area contributed by atoms with E-state index in [2.05, 4.69) is 83.1 Å². The average Bonchev–Trinajstić information content (AvgIpc) is 2.02. The summed E-state index contributed by atoms with van der Waals surface area (Å²) in [5.74, 6) is 0. The molecule has 2 heteroatoms. The molecule has 0 saturated heterocycles. The minimum absolute atomic E-state index is 0.0304. The molecule has 0 atom stereocenters. The van der Waals surface area contributed by atoms with E-state index < -0.39 is 0 Å². The van der Waals surface area contributed by atoms with Crippen molar-refractivity contribution in [3.63, 3.8) is 0 Å². The molecule has 0 N–H and O–H groups in total. The van der Waals surface area contributed by atoms with Gasteiger partial charge >= 0.3 is 0 Å². The fraction of sp³-hybridized carbons (Fsp3) is 0.889. The van der Waals surface area contributed by atoms with Crippen molar-refractivity contribution in [2.24, 2.45) is 31.9 Å². The second-order valence-electron chi connectivity index (χ2n) is 9.90. The van der Waals surface area contributed by atoms with Gasteiger partial charge in [-0.1, -0.05) is 83.1 Å². The molecule has 0 fully saturated rings. The van der Waals surface area contributed by atoms with Crippen molar-refractivity contribution in [1.82, 2.24) is 0 Å². The predicted octanol–water partition coefficient (Wildman–Crippen LogP) is 5.97. The summed E-state index contributed by atoms with van der Waals surface area (Å²) in [6.07, 6.45) is 0. The normalized spacial score (nSPS) is 14.0. The van der Waals surface area contributed by atoms with Crippen LogP contribution in [0, 0.1) is 21.7 Å². The van der Waals surface area contributed by atoms with Crippen LogP contribution in [0.15, 0.2) is 10.2 Å². The van der Waals surface area contributed by atoms with Crippen LogP contribution in [0.2, 0.25) is 0 Å². The van der Waals surface area contributed by atoms with E-state index in [1.165, 1.54) is 0 Å². The fourth-order valence-corrected chi connectivity index (χ4v) is 2.95. The highest BCUT2D eigenvalue weighted by Crippen LogP contribution is 2.33. The maximum absolute atomic E-state index is 4.70. The van der Waals surface area contributed by atoms with Gasteiger partial charge in [-0.05, 0) is 0 Å². The molecule has 118 valence electrons. The Morgan fingerprint density at radius 2 is 0.550 bits per heavy atom. The zero-order chi connectivity index (χ0) is 16.6. The smallest absolute Gasteiger partial charge is 0.0512 e. The Kier molecular flexibility index (Phi) is 5.43. The maximum Gasteiger partial charge on any atom is 0.0512 e. The molecule has 20 heavy (non-hydrogen) atoms. The first-order valence-corrected chi connectivity index (χ1v) is 7.65. The lowest BCUT2D eigenvalue weighted by Gasteiger charge is -2.33. The van der Waals surface area contributed by atoms with E-state index in [1.807, 2.05) is 0 Å². The molecule has 0 bridgehead atoms. The topological polar surface area (TPSA) is 24.7 Å². The third-order valence-corrected chi connectivity index (χ3v) is 3.09. The minimum Gasteiger partial charge on any atom is -0.159 e. The highest BCUT2D eigenvalue weighted by molar-refractivity contribution is 5.96. The van der Waals surface area contributed by atoms with E-state index in [4.69, 9.17) is 10.2 Å². The summed E-state index contributed by atoms with van der Waals surface area (Å²) in [5.41, 5.74) is 2.42. The van der Waals surface area contributed by atoms with Crippen molar-refractivity contribution in [2.75, 3.05) is 0 Å². The first-order chi connectivity index (χ1) is 8.47. The van der Waals surface area contributed by atoms with Gasteiger partial charge in [0.1, 0.15) is 0 Å². The molecule has 0 aliphatic rings. The lowest BCUT2D eigenvalue weighted by atomic mass is 9.74. The van der Waals surface area contributed by atoms with Gasteiger partial charge in [0, 0.05) is 21.7 Å². The third-order valence-electron chi connectivity index (χ3n) is 3.09. The second-order valence-corrected chi connectivity index (χ2v) is 9.90. The molecular weight excluding hydrogens is 244 g/mol. The zero-order valence-corrected chi connectivity index (χ0v) is 15.9. The monoisotopic (exact) mass is 280 g/mol. The maximum atomic E-state index is 4.70. The summed E-state index contributed by atoms with van der Waals surface area (Å²) < 4.78 is 0. The predicted molar refractivity (Wildman–Crippen MR) is 92.7 cm³/mol. The second kappa shape index (κ2) is 5.61.